The molecule has 0 aliphatic rings. The largest absolute Gasteiger partial charge is 0.352 e. The maximum Gasteiger partial charge on any atom is 0.252 e. The summed E-state index contributed by atoms with van der Waals surface area (Å²) >= 11 is 6.47. The Kier molecular flexibility index (Phi) is 6.00. The van der Waals surface area contributed by atoms with Crippen LogP contribution in [0.1, 0.15) is 16.8 Å². The van der Waals surface area contributed by atoms with Crippen molar-refractivity contribution in [2.45, 2.75) is 10.8 Å². The molecule has 3 nitrogen and oxygen atoms in total. The highest BCUT2D eigenvalue weighted by Gasteiger charge is 2.09. The molecular formula is C13H12BrFN2OS2. The lowest BCUT2D eigenvalue weighted by Crippen LogP contribution is -2.25. The molecule has 20 heavy (non-hydrogen) atoms. The second-order valence-electron chi connectivity index (χ2n) is 3.88. The lowest BCUT2D eigenvalue weighted by molar-refractivity contribution is 0.0953. The van der Waals surface area contributed by atoms with Gasteiger partial charge in [-0.25, -0.2) is 9.37 Å². The van der Waals surface area contributed by atoms with E-state index in [0.29, 0.717) is 16.6 Å². The smallest absolute Gasteiger partial charge is 0.252 e. The van der Waals surface area contributed by atoms with Gasteiger partial charge in [-0.05, 0) is 40.5 Å². The number of aromatic nitrogens is 1. The van der Waals surface area contributed by atoms with Crippen LogP contribution >= 0.6 is 39.0 Å². The molecule has 2 aromatic rings. The first kappa shape index (κ1) is 15.5. The van der Waals surface area contributed by atoms with Gasteiger partial charge in [0, 0.05) is 28.3 Å². The van der Waals surface area contributed by atoms with Crippen molar-refractivity contribution in [2.24, 2.45) is 0 Å². The number of rotatable bonds is 6. The maximum atomic E-state index is 12.9. The minimum absolute atomic E-state index is 0.198. The Morgan fingerprint density at radius 3 is 3.05 bits per heavy atom. The quantitative estimate of drug-likeness (QED) is 0.614. The van der Waals surface area contributed by atoms with Crippen LogP contribution in [0, 0.1) is 5.82 Å². The number of nitrogens with zero attached hydrogens (tertiary/aromatic N) is 1. The molecule has 106 valence electrons. The number of nitrogens with one attached hydrogen (secondary N) is 1. The molecule has 1 aromatic heterocycles. The van der Waals surface area contributed by atoms with Crippen molar-refractivity contribution in [1.29, 1.82) is 0 Å². The van der Waals surface area contributed by atoms with Gasteiger partial charge in [0.25, 0.3) is 5.91 Å². The second-order valence-corrected chi connectivity index (χ2v) is 6.97. The van der Waals surface area contributed by atoms with Gasteiger partial charge in [0.1, 0.15) is 10.2 Å². The summed E-state index contributed by atoms with van der Waals surface area (Å²) in [6, 6.07) is 4.03. The van der Waals surface area contributed by atoms with Crippen LogP contribution in [0.15, 0.2) is 38.6 Å². The van der Waals surface area contributed by atoms with Crippen molar-refractivity contribution in [1.82, 2.24) is 10.3 Å². The van der Waals surface area contributed by atoms with E-state index < -0.39 is 0 Å². The van der Waals surface area contributed by atoms with Crippen LogP contribution in [-0.4, -0.2) is 23.2 Å². The number of hydrogen-bond donors (Lipinski definition) is 1. The van der Waals surface area contributed by atoms with E-state index in [2.05, 4.69) is 26.2 Å². The fraction of sp³-hybridized carbons (Fsp3) is 0.231. The predicted molar refractivity (Wildman–Crippen MR) is 83.9 cm³/mol. The van der Waals surface area contributed by atoms with Crippen LogP contribution in [-0.2, 0) is 0 Å². The van der Waals surface area contributed by atoms with Gasteiger partial charge in [-0.15, -0.1) is 11.3 Å². The fourth-order valence-electron chi connectivity index (χ4n) is 1.48. The van der Waals surface area contributed by atoms with E-state index >= 15 is 0 Å². The lowest BCUT2D eigenvalue weighted by atomic mass is 10.2. The van der Waals surface area contributed by atoms with Crippen molar-refractivity contribution >= 4 is 44.9 Å². The topological polar surface area (TPSA) is 42.0 Å². The first-order valence-corrected chi connectivity index (χ1v) is 8.58. The Balaban J connectivity index is 1.72. The normalized spacial score (nSPS) is 10.5. The predicted octanol–water partition coefficient (Wildman–Crippen LogP) is 3.96. The van der Waals surface area contributed by atoms with Crippen LogP contribution in [0.25, 0.3) is 0 Å². The van der Waals surface area contributed by atoms with E-state index in [-0.39, 0.29) is 11.7 Å². The standard InChI is InChI=1S/C13H12BrFN2OS2/c14-11-8-9(15)2-3-10(11)12(18)16-4-1-6-19-13-17-5-7-20-13/h2-3,5,7-8H,1,4,6H2,(H,16,18). The Labute approximate surface area is 133 Å². The van der Waals surface area contributed by atoms with E-state index in [0.717, 1.165) is 16.5 Å². The molecule has 0 aliphatic carbocycles. The van der Waals surface area contributed by atoms with Crippen molar-refractivity contribution in [3.05, 3.63) is 45.6 Å². The first-order valence-electron chi connectivity index (χ1n) is 5.92. The summed E-state index contributed by atoms with van der Waals surface area (Å²) in [6.45, 7) is 0.584. The summed E-state index contributed by atoms with van der Waals surface area (Å²) in [5.41, 5.74) is 0.443. The molecule has 0 unspecified atom stereocenters. The number of benzene rings is 1. The summed E-state index contributed by atoms with van der Waals surface area (Å²) in [5, 5.41) is 4.76. The minimum Gasteiger partial charge on any atom is -0.352 e. The first-order chi connectivity index (χ1) is 9.66. The zero-order valence-corrected chi connectivity index (χ0v) is 13.7. The van der Waals surface area contributed by atoms with Crippen LogP contribution in [0.4, 0.5) is 4.39 Å². The molecule has 0 saturated carbocycles. The SMILES string of the molecule is O=C(NCCCSc1nccs1)c1ccc(F)cc1Br. The van der Waals surface area contributed by atoms with E-state index in [1.807, 2.05) is 5.38 Å². The summed E-state index contributed by atoms with van der Waals surface area (Å²) in [7, 11) is 0. The third-order valence-corrected chi connectivity index (χ3v) is 5.13. The van der Waals surface area contributed by atoms with Gasteiger partial charge in [-0.3, -0.25) is 4.79 Å². The molecule has 2 rings (SSSR count). The monoisotopic (exact) mass is 374 g/mol. The number of carbonyl (C=O) groups is 1. The van der Waals surface area contributed by atoms with E-state index in [9.17, 15) is 9.18 Å². The number of hydrogen-bond acceptors (Lipinski definition) is 4. The Morgan fingerprint density at radius 2 is 2.35 bits per heavy atom. The second kappa shape index (κ2) is 7.75. The van der Waals surface area contributed by atoms with Crippen LogP contribution in [0.3, 0.4) is 0 Å². The summed E-state index contributed by atoms with van der Waals surface area (Å²) < 4.78 is 14.4. The number of thioether (sulfide) groups is 1. The van der Waals surface area contributed by atoms with Gasteiger partial charge >= 0.3 is 0 Å². The third-order valence-electron chi connectivity index (χ3n) is 2.42. The molecule has 0 radical (unpaired) electrons. The molecule has 0 bridgehead atoms. The van der Waals surface area contributed by atoms with Crippen molar-refractivity contribution < 1.29 is 9.18 Å². The molecule has 0 fully saturated rings. The molecule has 0 atom stereocenters. The fourth-order valence-corrected chi connectivity index (χ4v) is 3.66. The molecule has 1 heterocycles. The van der Waals surface area contributed by atoms with Gasteiger partial charge in [-0.2, -0.15) is 0 Å². The molecule has 0 saturated heterocycles. The molecule has 7 heteroatoms. The summed E-state index contributed by atoms with van der Waals surface area (Å²) in [6.07, 6.45) is 2.63. The number of thiazole rings is 1. The average molecular weight is 375 g/mol. The minimum atomic E-state index is -0.367. The molecule has 0 aliphatic heterocycles. The maximum absolute atomic E-state index is 12.9. The number of carbonyl (C=O) groups excluding carboxylic acids is 1. The molecule has 1 N–H and O–H groups in total. The number of halogens is 2. The molecule has 1 amide bonds. The van der Waals surface area contributed by atoms with Gasteiger partial charge < -0.3 is 5.32 Å². The van der Waals surface area contributed by atoms with Gasteiger partial charge in [0.2, 0.25) is 0 Å². The van der Waals surface area contributed by atoms with E-state index in [4.69, 9.17) is 0 Å². The molecule has 1 aromatic carbocycles. The third kappa shape index (κ3) is 4.57. The number of amides is 1. The zero-order valence-electron chi connectivity index (χ0n) is 10.4. The highest BCUT2D eigenvalue weighted by atomic mass is 79.9. The lowest BCUT2D eigenvalue weighted by Gasteiger charge is -2.06. The van der Waals surface area contributed by atoms with E-state index in [1.54, 1.807) is 29.3 Å². The van der Waals surface area contributed by atoms with Crippen LogP contribution in [0.5, 0.6) is 0 Å². The zero-order chi connectivity index (χ0) is 14.4. The Bertz CT molecular complexity index is 578. The van der Waals surface area contributed by atoms with Gasteiger partial charge in [0.15, 0.2) is 0 Å². The molecular weight excluding hydrogens is 363 g/mol. The average Bonchev–Trinajstić information content (AvgIpc) is 2.91. The van der Waals surface area contributed by atoms with Crippen molar-refractivity contribution in [3.8, 4) is 0 Å². The van der Waals surface area contributed by atoms with E-state index in [1.165, 1.54) is 18.2 Å². The Hall–Kier alpha value is -0.920. The van der Waals surface area contributed by atoms with Gasteiger partial charge in [0.05, 0.1) is 5.56 Å². The highest BCUT2D eigenvalue weighted by molar-refractivity contribution is 9.10. The van der Waals surface area contributed by atoms with Crippen molar-refractivity contribution in [2.75, 3.05) is 12.3 Å². The highest BCUT2D eigenvalue weighted by Crippen LogP contribution is 2.20. The Morgan fingerprint density at radius 1 is 1.50 bits per heavy atom. The summed E-state index contributed by atoms with van der Waals surface area (Å²) in [4.78, 5) is 16.1. The van der Waals surface area contributed by atoms with Gasteiger partial charge in [-0.1, -0.05) is 11.8 Å². The van der Waals surface area contributed by atoms with Crippen LogP contribution < -0.4 is 5.32 Å². The summed E-state index contributed by atoms with van der Waals surface area (Å²) in [5.74, 6) is 0.336. The van der Waals surface area contributed by atoms with Crippen molar-refractivity contribution in [3.63, 3.8) is 0 Å². The van der Waals surface area contributed by atoms with Crippen LogP contribution in [0.2, 0.25) is 0 Å². The molecule has 0 spiro atoms.